The second kappa shape index (κ2) is 6.06. The van der Waals surface area contributed by atoms with E-state index in [0.717, 1.165) is 24.8 Å². The number of benzene rings is 1. The van der Waals surface area contributed by atoms with Gasteiger partial charge in [0.15, 0.2) is 0 Å². The van der Waals surface area contributed by atoms with Crippen molar-refractivity contribution < 1.29 is 4.74 Å². The van der Waals surface area contributed by atoms with Crippen molar-refractivity contribution in [2.75, 3.05) is 13.2 Å². The van der Waals surface area contributed by atoms with Crippen molar-refractivity contribution in [3.63, 3.8) is 0 Å². The van der Waals surface area contributed by atoms with Gasteiger partial charge in [0.2, 0.25) is 0 Å². The van der Waals surface area contributed by atoms with Crippen LogP contribution < -0.4 is 10.1 Å². The number of hydrogen-bond donors (Lipinski definition) is 1. The largest absolute Gasteiger partial charge is 0.492 e. The lowest BCUT2D eigenvalue weighted by molar-refractivity contribution is 0.249. The van der Waals surface area contributed by atoms with Crippen molar-refractivity contribution in [3.05, 3.63) is 29.8 Å². The Morgan fingerprint density at radius 1 is 1.29 bits per heavy atom. The molecule has 1 aliphatic carbocycles. The molecule has 0 spiro atoms. The molecule has 0 amide bonds. The molecular weight excluding hydrogens is 210 g/mol. The molecule has 0 saturated heterocycles. The fourth-order valence-electron chi connectivity index (χ4n) is 2.01. The van der Waals surface area contributed by atoms with E-state index in [9.17, 15) is 0 Å². The smallest absolute Gasteiger partial charge is 0.119 e. The normalized spacial score (nSPS) is 16.8. The summed E-state index contributed by atoms with van der Waals surface area (Å²) in [4.78, 5) is 0. The molecule has 1 aromatic rings. The maximum atomic E-state index is 5.86. The number of nitrogens with one attached hydrogen (secondary N) is 1. The zero-order valence-electron chi connectivity index (χ0n) is 10.9. The molecule has 1 atom stereocenters. The summed E-state index contributed by atoms with van der Waals surface area (Å²) in [6, 6.07) is 8.84. The topological polar surface area (TPSA) is 21.3 Å². The highest BCUT2D eigenvalue weighted by Crippen LogP contribution is 2.32. The molecule has 1 fully saturated rings. The molecule has 2 heteroatoms. The first-order chi connectivity index (χ1) is 8.29. The number of rotatable bonds is 7. The van der Waals surface area contributed by atoms with E-state index in [1.807, 2.05) is 0 Å². The summed E-state index contributed by atoms with van der Waals surface area (Å²) in [5, 5.41) is 3.59. The van der Waals surface area contributed by atoms with Crippen molar-refractivity contribution in [2.24, 2.45) is 5.92 Å². The minimum atomic E-state index is 0.538. The predicted octanol–water partition coefficient (Wildman–Crippen LogP) is 3.15. The highest BCUT2D eigenvalue weighted by Gasteiger charge is 2.31. The molecular formula is C15H23NO. The highest BCUT2D eigenvalue weighted by atomic mass is 16.5. The predicted molar refractivity (Wildman–Crippen MR) is 71.5 cm³/mol. The van der Waals surface area contributed by atoms with Gasteiger partial charge in [0.1, 0.15) is 12.4 Å². The molecule has 0 aliphatic heterocycles. The monoisotopic (exact) mass is 233 g/mol. The van der Waals surface area contributed by atoms with Crippen molar-refractivity contribution in [1.82, 2.24) is 5.32 Å². The molecule has 1 aromatic carbocycles. The van der Waals surface area contributed by atoms with Crippen LogP contribution in [0, 0.1) is 12.8 Å². The summed E-state index contributed by atoms with van der Waals surface area (Å²) in [5.41, 5.74) is 1.28. The van der Waals surface area contributed by atoms with Gasteiger partial charge in [0.05, 0.1) is 0 Å². The lowest BCUT2D eigenvalue weighted by Crippen LogP contribution is -2.37. The van der Waals surface area contributed by atoms with Gasteiger partial charge in [0.25, 0.3) is 0 Å². The fraction of sp³-hybridized carbons (Fsp3) is 0.600. The molecule has 0 radical (unpaired) electrons. The van der Waals surface area contributed by atoms with E-state index >= 15 is 0 Å². The second-order valence-electron chi connectivity index (χ2n) is 5.02. The Balaban J connectivity index is 1.80. The standard InChI is InChI=1S/C15H23NO/c1-3-10-16-15(13-6-7-13)11-17-14-8-4-12(2)5-9-14/h4-5,8-9,13,15-16H,3,6-7,10-11H2,1-2H3. The zero-order valence-corrected chi connectivity index (χ0v) is 10.9. The molecule has 1 N–H and O–H groups in total. The van der Waals surface area contributed by atoms with Gasteiger partial charge in [-0.05, 0) is 50.8 Å². The quantitative estimate of drug-likeness (QED) is 0.781. The minimum absolute atomic E-state index is 0.538. The maximum absolute atomic E-state index is 5.86. The second-order valence-corrected chi connectivity index (χ2v) is 5.02. The first-order valence-corrected chi connectivity index (χ1v) is 6.72. The van der Waals surface area contributed by atoms with Gasteiger partial charge in [-0.2, -0.15) is 0 Å². The lowest BCUT2D eigenvalue weighted by Gasteiger charge is -2.18. The molecule has 2 nitrogen and oxygen atoms in total. The van der Waals surface area contributed by atoms with Gasteiger partial charge in [-0.15, -0.1) is 0 Å². The third-order valence-corrected chi connectivity index (χ3v) is 3.30. The average Bonchev–Trinajstić information content (AvgIpc) is 3.16. The molecule has 94 valence electrons. The highest BCUT2D eigenvalue weighted by molar-refractivity contribution is 5.26. The van der Waals surface area contributed by atoms with Crippen LogP contribution in [0.1, 0.15) is 31.7 Å². The van der Waals surface area contributed by atoms with Crippen LogP contribution in [-0.2, 0) is 0 Å². The molecule has 1 aliphatic rings. The Morgan fingerprint density at radius 3 is 2.59 bits per heavy atom. The summed E-state index contributed by atoms with van der Waals surface area (Å²) in [5.74, 6) is 1.83. The van der Waals surface area contributed by atoms with Gasteiger partial charge in [-0.3, -0.25) is 0 Å². The SMILES string of the molecule is CCCNC(COc1ccc(C)cc1)C1CC1. The van der Waals surface area contributed by atoms with E-state index in [0.29, 0.717) is 6.04 Å². The molecule has 0 bridgehead atoms. The third kappa shape index (κ3) is 4.04. The van der Waals surface area contributed by atoms with Gasteiger partial charge < -0.3 is 10.1 Å². The summed E-state index contributed by atoms with van der Waals surface area (Å²) < 4.78 is 5.86. The number of hydrogen-bond acceptors (Lipinski definition) is 2. The molecule has 17 heavy (non-hydrogen) atoms. The third-order valence-electron chi connectivity index (χ3n) is 3.30. The van der Waals surface area contributed by atoms with Gasteiger partial charge >= 0.3 is 0 Å². The van der Waals surface area contributed by atoms with E-state index < -0.39 is 0 Å². The Bertz CT molecular complexity index is 329. The Hall–Kier alpha value is -1.02. The van der Waals surface area contributed by atoms with Crippen LogP contribution in [0.3, 0.4) is 0 Å². The summed E-state index contributed by atoms with van der Waals surface area (Å²) in [6.45, 7) is 6.20. The summed E-state index contributed by atoms with van der Waals surface area (Å²) >= 11 is 0. The van der Waals surface area contributed by atoms with Crippen LogP contribution in [0.25, 0.3) is 0 Å². The van der Waals surface area contributed by atoms with Crippen LogP contribution in [0.15, 0.2) is 24.3 Å². The number of ether oxygens (including phenoxy) is 1. The van der Waals surface area contributed by atoms with E-state index in [1.54, 1.807) is 0 Å². The van der Waals surface area contributed by atoms with Crippen LogP contribution in [0.4, 0.5) is 0 Å². The minimum Gasteiger partial charge on any atom is -0.492 e. The Kier molecular flexibility index (Phi) is 4.43. The van der Waals surface area contributed by atoms with Crippen LogP contribution in [0.2, 0.25) is 0 Å². The van der Waals surface area contributed by atoms with E-state index in [4.69, 9.17) is 4.74 Å². The first kappa shape index (κ1) is 12.4. The molecule has 0 aromatic heterocycles. The summed E-state index contributed by atoms with van der Waals surface area (Å²) in [6.07, 6.45) is 3.91. The number of aryl methyl sites for hydroxylation is 1. The van der Waals surface area contributed by atoms with Gasteiger partial charge in [0, 0.05) is 6.04 Å². The Labute approximate surface area is 104 Å². The van der Waals surface area contributed by atoms with Crippen LogP contribution >= 0.6 is 0 Å². The van der Waals surface area contributed by atoms with E-state index in [-0.39, 0.29) is 0 Å². The van der Waals surface area contributed by atoms with E-state index in [1.165, 1.54) is 24.8 Å². The van der Waals surface area contributed by atoms with E-state index in [2.05, 4.69) is 43.4 Å². The van der Waals surface area contributed by atoms with Crippen molar-refractivity contribution in [2.45, 2.75) is 39.2 Å². The molecule has 2 rings (SSSR count). The van der Waals surface area contributed by atoms with Crippen molar-refractivity contribution in [1.29, 1.82) is 0 Å². The zero-order chi connectivity index (χ0) is 12.1. The van der Waals surface area contributed by atoms with Gasteiger partial charge in [-0.25, -0.2) is 0 Å². The summed E-state index contributed by atoms with van der Waals surface area (Å²) in [7, 11) is 0. The first-order valence-electron chi connectivity index (χ1n) is 6.72. The van der Waals surface area contributed by atoms with Crippen molar-refractivity contribution >= 4 is 0 Å². The Morgan fingerprint density at radius 2 is 2.00 bits per heavy atom. The van der Waals surface area contributed by atoms with Crippen molar-refractivity contribution in [3.8, 4) is 5.75 Å². The molecule has 1 unspecified atom stereocenters. The molecule has 1 saturated carbocycles. The average molecular weight is 233 g/mol. The van der Waals surface area contributed by atoms with Crippen LogP contribution in [0.5, 0.6) is 5.75 Å². The van der Waals surface area contributed by atoms with Crippen LogP contribution in [-0.4, -0.2) is 19.2 Å². The fourth-order valence-corrected chi connectivity index (χ4v) is 2.01. The van der Waals surface area contributed by atoms with Gasteiger partial charge in [-0.1, -0.05) is 24.6 Å². The molecule has 0 heterocycles. The lowest BCUT2D eigenvalue weighted by atomic mass is 10.2. The maximum Gasteiger partial charge on any atom is 0.119 e.